The predicted octanol–water partition coefficient (Wildman–Crippen LogP) is 4.23. The minimum atomic E-state index is -0.376. The highest BCUT2D eigenvalue weighted by Gasteiger charge is 2.06. The molecule has 1 aromatic heterocycles. The molecule has 0 saturated heterocycles. The number of ether oxygens (including phenoxy) is 1. The van der Waals surface area contributed by atoms with Crippen LogP contribution in [-0.4, -0.2) is 22.6 Å². The second kappa shape index (κ2) is 10.6. The maximum atomic E-state index is 11.7. The molecular weight excluding hydrogens is 352 g/mol. The van der Waals surface area contributed by atoms with Gasteiger partial charge in [-0.3, -0.25) is 10.2 Å². The molecule has 0 saturated carbocycles. The number of hydrogen-bond acceptors (Lipinski definition) is 5. The standard InChI is InChI=1S/C19H25ClN4O2/c1-3-4-5-6-9-12-26-17-11-8-7-10-15(17)13-21-23-16-14-22-24(2)19(25)18(16)20/h7-8,10-11,13-14,23H,3-6,9,12H2,1-2H3/b21-13-. The SMILES string of the molecule is CCCCCCCOc1ccccc1/C=N\Nc1cnn(C)c(=O)c1Cl. The molecule has 0 fully saturated rings. The average Bonchev–Trinajstić information content (AvgIpc) is 2.65. The first-order valence-corrected chi connectivity index (χ1v) is 9.24. The summed E-state index contributed by atoms with van der Waals surface area (Å²) >= 11 is 6.00. The van der Waals surface area contributed by atoms with E-state index in [1.807, 2.05) is 24.3 Å². The minimum absolute atomic E-state index is 0.0521. The van der Waals surface area contributed by atoms with Crippen LogP contribution in [0.2, 0.25) is 5.02 Å². The fraction of sp³-hybridized carbons (Fsp3) is 0.421. The summed E-state index contributed by atoms with van der Waals surface area (Å²) in [5, 5.41) is 8.11. The fourth-order valence-electron chi connectivity index (χ4n) is 2.37. The maximum absolute atomic E-state index is 11.7. The van der Waals surface area contributed by atoms with Crippen LogP contribution in [0.3, 0.4) is 0 Å². The largest absolute Gasteiger partial charge is 0.493 e. The van der Waals surface area contributed by atoms with E-state index in [1.165, 1.54) is 43.6 Å². The lowest BCUT2D eigenvalue weighted by atomic mass is 10.2. The smallest absolute Gasteiger partial charge is 0.287 e. The van der Waals surface area contributed by atoms with Gasteiger partial charge in [-0.25, -0.2) is 4.68 Å². The van der Waals surface area contributed by atoms with Gasteiger partial charge >= 0.3 is 0 Å². The number of aromatic nitrogens is 2. The normalized spacial score (nSPS) is 11.0. The number of rotatable bonds is 10. The Kier molecular flexibility index (Phi) is 8.15. The first-order valence-electron chi connectivity index (χ1n) is 8.86. The van der Waals surface area contributed by atoms with E-state index in [2.05, 4.69) is 22.5 Å². The summed E-state index contributed by atoms with van der Waals surface area (Å²) in [6.07, 6.45) is 9.08. The molecule has 140 valence electrons. The van der Waals surface area contributed by atoms with Crippen molar-refractivity contribution in [1.82, 2.24) is 9.78 Å². The second-order valence-electron chi connectivity index (χ2n) is 5.97. The number of hydrazone groups is 1. The van der Waals surface area contributed by atoms with Crippen molar-refractivity contribution in [3.05, 3.63) is 51.4 Å². The Bertz CT molecular complexity index is 789. The number of hydrogen-bond donors (Lipinski definition) is 1. The Morgan fingerprint density at radius 3 is 2.85 bits per heavy atom. The summed E-state index contributed by atoms with van der Waals surface area (Å²) in [6.45, 7) is 2.89. The van der Waals surface area contributed by atoms with E-state index >= 15 is 0 Å². The number of halogens is 1. The molecule has 1 N–H and O–H groups in total. The lowest BCUT2D eigenvalue weighted by Crippen LogP contribution is -2.20. The van der Waals surface area contributed by atoms with Crippen LogP contribution in [0.25, 0.3) is 0 Å². The predicted molar refractivity (Wildman–Crippen MR) is 106 cm³/mol. The number of nitrogens with one attached hydrogen (secondary N) is 1. The van der Waals surface area contributed by atoms with Crippen LogP contribution < -0.4 is 15.7 Å². The number of aryl methyl sites for hydroxylation is 1. The average molecular weight is 377 g/mol. The van der Waals surface area contributed by atoms with Crippen molar-refractivity contribution >= 4 is 23.5 Å². The van der Waals surface area contributed by atoms with Gasteiger partial charge in [-0.2, -0.15) is 10.2 Å². The fourth-order valence-corrected chi connectivity index (χ4v) is 2.58. The summed E-state index contributed by atoms with van der Waals surface area (Å²) in [5.74, 6) is 0.779. The van der Waals surface area contributed by atoms with Crippen molar-refractivity contribution in [2.75, 3.05) is 12.0 Å². The van der Waals surface area contributed by atoms with Gasteiger partial charge in [-0.15, -0.1) is 0 Å². The number of para-hydroxylation sites is 1. The van der Waals surface area contributed by atoms with Gasteiger partial charge in [-0.05, 0) is 18.6 Å². The zero-order chi connectivity index (χ0) is 18.8. The molecule has 2 rings (SSSR count). The Labute approximate surface area is 158 Å². The minimum Gasteiger partial charge on any atom is -0.493 e. The first kappa shape index (κ1) is 20.0. The highest BCUT2D eigenvalue weighted by atomic mass is 35.5. The van der Waals surface area contributed by atoms with Crippen molar-refractivity contribution in [2.24, 2.45) is 12.1 Å². The number of unbranched alkanes of at least 4 members (excludes halogenated alkanes) is 4. The van der Waals surface area contributed by atoms with Crippen LogP contribution in [0.5, 0.6) is 5.75 Å². The van der Waals surface area contributed by atoms with Crippen molar-refractivity contribution in [3.8, 4) is 5.75 Å². The quantitative estimate of drug-likeness (QED) is 0.383. The highest BCUT2D eigenvalue weighted by Crippen LogP contribution is 2.18. The van der Waals surface area contributed by atoms with Crippen LogP contribution >= 0.6 is 11.6 Å². The number of anilines is 1. The number of nitrogens with zero attached hydrogens (tertiary/aromatic N) is 3. The summed E-state index contributed by atoms with van der Waals surface area (Å²) in [6, 6.07) is 7.68. The Hall–Kier alpha value is -2.34. The topological polar surface area (TPSA) is 68.5 Å². The van der Waals surface area contributed by atoms with Crippen molar-refractivity contribution in [3.63, 3.8) is 0 Å². The molecule has 26 heavy (non-hydrogen) atoms. The molecule has 0 aliphatic rings. The third-order valence-electron chi connectivity index (χ3n) is 3.89. The Morgan fingerprint density at radius 2 is 2.04 bits per heavy atom. The van der Waals surface area contributed by atoms with Gasteiger partial charge in [0.15, 0.2) is 0 Å². The third kappa shape index (κ3) is 5.88. The van der Waals surface area contributed by atoms with Gasteiger partial charge in [0, 0.05) is 12.6 Å². The van der Waals surface area contributed by atoms with Crippen LogP contribution in [-0.2, 0) is 7.05 Å². The molecular formula is C19H25ClN4O2. The molecule has 0 amide bonds. The third-order valence-corrected chi connectivity index (χ3v) is 4.26. The summed E-state index contributed by atoms with van der Waals surface area (Å²) < 4.78 is 7.04. The van der Waals surface area contributed by atoms with Crippen molar-refractivity contribution < 1.29 is 4.74 Å². The molecule has 1 heterocycles. The van der Waals surface area contributed by atoms with E-state index in [-0.39, 0.29) is 10.6 Å². The molecule has 0 aliphatic carbocycles. The molecule has 6 nitrogen and oxygen atoms in total. The highest BCUT2D eigenvalue weighted by molar-refractivity contribution is 6.32. The summed E-state index contributed by atoms with van der Waals surface area (Å²) in [4.78, 5) is 11.7. The van der Waals surface area contributed by atoms with E-state index < -0.39 is 0 Å². The maximum Gasteiger partial charge on any atom is 0.287 e. The van der Waals surface area contributed by atoms with E-state index in [4.69, 9.17) is 16.3 Å². The summed E-state index contributed by atoms with van der Waals surface area (Å²) in [5.41, 5.74) is 3.59. The van der Waals surface area contributed by atoms with Gasteiger partial charge in [-0.1, -0.05) is 56.3 Å². The van der Waals surface area contributed by atoms with Crippen molar-refractivity contribution in [1.29, 1.82) is 0 Å². The molecule has 0 unspecified atom stereocenters. The van der Waals surface area contributed by atoms with E-state index in [0.717, 1.165) is 17.7 Å². The number of benzene rings is 1. The molecule has 7 heteroatoms. The first-order chi connectivity index (χ1) is 12.6. The van der Waals surface area contributed by atoms with Crippen LogP contribution in [0, 0.1) is 0 Å². The van der Waals surface area contributed by atoms with Gasteiger partial charge in [0.2, 0.25) is 0 Å². The van der Waals surface area contributed by atoms with Gasteiger partial charge in [0.25, 0.3) is 5.56 Å². The molecule has 2 aromatic rings. The molecule has 0 radical (unpaired) electrons. The van der Waals surface area contributed by atoms with E-state index in [9.17, 15) is 4.79 Å². The molecule has 0 bridgehead atoms. The lowest BCUT2D eigenvalue weighted by Gasteiger charge is -2.09. The molecule has 0 aliphatic heterocycles. The lowest BCUT2D eigenvalue weighted by molar-refractivity contribution is 0.304. The monoisotopic (exact) mass is 376 g/mol. The van der Waals surface area contributed by atoms with E-state index in [0.29, 0.717) is 12.3 Å². The molecule has 0 atom stereocenters. The second-order valence-corrected chi connectivity index (χ2v) is 6.35. The van der Waals surface area contributed by atoms with Crippen LogP contribution in [0.1, 0.15) is 44.6 Å². The van der Waals surface area contributed by atoms with Gasteiger partial charge in [0.1, 0.15) is 16.5 Å². The zero-order valence-electron chi connectivity index (χ0n) is 15.2. The molecule has 0 spiro atoms. The Morgan fingerprint density at radius 1 is 1.27 bits per heavy atom. The van der Waals surface area contributed by atoms with E-state index in [1.54, 1.807) is 6.21 Å². The van der Waals surface area contributed by atoms with Gasteiger partial charge in [0.05, 0.1) is 19.0 Å². The summed E-state index contributed by atoms with van der Waals surface area (Å²) in [7, 11) is 1.54. The van der Waals surface area contributed by atoms with Crippen LogP contribution in [0.15, 0.2) is 40.4 Å². The molecule has 1 aromatic carbocycles. The van der Waals surface area contributed by atoms with Crippen LogP contribution in [0.4, 0.5) is 5.69 Å². The van der Waals surface area contributed by atoms with Crippen molar-refractivity contribution in [2.45, 2.75) is 39.0 Å². The van der Waals surface area contributed by atoms with Gasteiger partial charge < -0.3 is 4.74 Å². The zero-order valence-corrected chi connectivity index (χ0v) is 16.0. The Balaban J connectivity index is 1.94.